The summed E-state index contributed by atoms with van der Waals surface area (Å²) >= 11 is 11.1. The highest BCUT2D eigenvalue weighted by atomic mass is 35.5. The molecule has 0 aliphatic carbocycles. The van der Waals surface area contributed by atoms with E-state index in [0.717, 1.165) is 16.9 Å². The summed E-state index contributed by atoms with van der Waals surface area (Å²) in [7, 11) is 1.67. The van der Waals surface area contributed by atoms with Gasteiger partial charge in [0.15, 0.2) is 0 Å². The third-order valence-corrected chi connectivity index (χ3v) is 3.29. The Bertz CT molecular complexity index is 631. The molecule has 0 spiro atoms. The predicted molar refractivity (Wildman–Crippen MR) is 87.8 cm³/mol. The molecule has 0 bridgehead atoms. The van der Waals surface area contributed by atoms with E-state index in [2.05, 4.69) is 5.32 Å². The Balaban J connectivity index is 2.19. The summed E-state index contributed by atoms with van der Waals surface area (Å²) in [6.45, 7) is 0.580. The van der Waals surface area contributed by atoms with Crippen molar-refractivity contribution in [2.45, 2.75) is 6.61 Å². The number of halogens is 1. The topological polar surface area (TPSA) is 47.3 Å². The fourth-order valence-electron chi connectivity index (χ4n) is 1.86. The molecule has 0 aromatic heterocycles. The number of nitrogens with two attached hydrogens (primary N) is 1. The lowest BCUT2D eigenvalue weighted by Crippen LogP contribution is -2.09. The van der Waals surface area contributed by atoms with Crippen LogP contribution in [0, 0.1) is 0 Å². The number of methoxy groups -OCH3 is 1. The number of ether oxygens (including phenoxy) is 1. The average Bonchev–Trinajstić information content (AvgIpc) is 2.39. The van der Waals surface area contributed by atoms with Crippen LogP contribution in [0.4, 0.5) is 11.4 Å². The van der Waals surface area contributed by atoms with Crippen LogP contribution in [0.5, 0.6) is 0 Å². The van der Waals surface area contributed by atoms with E-state index in [1.165, 1.54) is 0 Å². The number of anilines is 2. The summed E-state index contributed by atoms with van der Waals surface area (Å²) < 4.78 is 5.12. The summed E-state index contributed by atoms with van der Waals surface area (Å²) in [4.78, 5) is 0.295. The van der Waals surface area contributed by atoms with Gasteiger partial charge in [0.1, 0.15) is 4.99 Å². The van der Waals surface area contributed by atoms with Crippen molar-refractivity contribution in [2.75, 3.05) is 12.4 Å². The molecular weight excluding hydrogens is 292 g/mol. The molecule has 0 atom stereocenters. The Hall–Kier alpha value is -1.62. The first-order valence-corrected chi connectivity index (χ1v) is 6.83. The van der Waals surface area contributed by atoms with Crippen molar-refractivity contribution in [1.29, 1.82) is 0 Å². The second-order valence-corrected chi connectivity index (χ2v) is 5.16. The SMILES string of the molecule is COCc1cccc(Nc2ccc(C(N)=S)c(Cl)c2)c1. The minimum atomic E-state index is 0.295. The van der Waals surface area contributed by atoms with Gasteiger partial charge in [0.25, 0.3) is 0 Å². The molecule has 5 heteroatoms. The monoisotopic (exact) mass is 306 g/mol. The zero-order valence-corrected chi connectivity index (χ0v) is 12.6. The molecule has 0 saturated carbocycles. The minimum Gasteiger partial charge on any atom is -0.389 e. The molecule has 0 aliphatic heterocycles. The van der Waals surface area contributed by atoms with Gasteiger partial charge in [0.05, 0.1) is 11.6 Å². The van der Waals surface area contributed by atoms with Crippen LogP contribution in [0.1, 0.15) is 11.1 Å². The van der Waals surface area contributed by atoms with Gasteiger partial charge in [-0.1, -0.05) is 36.0 Å². The van der Waals surface area contributed by atoms with Crippen LogP contribution in [0.15, 0.2) is 42.5 Å². The maximum Gasteiger partial charge on any atom is 0.105 e. The number of rotatable bonds is 5. The fraction of sp³-hybridized carbons (Fsp3) is 0.133. The van der Waals surface area contributed by atoms with E-state index in [0.29, 0.717) is 22.2 Å². The first kappa shape index (κ1) is 14.8. The lowest BCUT2D eigenvalue weighted by atomic mass is 10.1. The van der Waals surface area contributed by atoms with Gasteiger partial charge >= 0.3 is 0 Å². The number of nitrogens with one attached hydrogen (secondary N) is 1. The van der Waals surface area contributed by atoms with Crippen LogP contribution in [0.25, 0.3) is 0 Å². The Kier molecular flexibility index (Phi) is 4.95. The van der Waals surface area contributed by atoms with Crippen molar-refractivity contribution in [3.63, 3.8) is 0 Å². The molecule has 20 heavy (non-hydrogen) atoms. The molecule has 2 rings (SSSR count). The standard InChI is InChI=1S/C15H15ClN2OS/c1-19-9-10-3-2-4-11(7-10)18-12-5-6-13(15(17)20)14(16)8-12/h2-8,18H,9H2,1H3,(H2,17,20). The van der Waals surface area contributed by atoms with Crippen LogP contribution in [-0.2, 0) is 11.3 Å². The molecule has 0 aliphatic rings. The summed E-state index contributed by atoms with van der Waals surface area (Å²) in [6.07, 6.45) is 0. The van der Waals surface area contributed by atoms with E-state index in [1.807, 2.05) is 36.4 Å². The summed E-state index contributed by atoms with van der Waals surface area (Å²) in [5.41, 5.74) is 9.21. The number of hydrogen-bond acceptors (Lipinski definition) is 3. The van der Waals surface area contributed by atoms with Crippen LogP contribution in [0.3, 0.4) is 0 Å². The third kappa shape index (κ3) is 3.70. The lowest BCUT2D eigenvalue weighted by Gasteiger charge is -2.10. The van der Waals surface area contributed by atoms with Gasteiger partial charge in [-0.15, -0.1) is 0 Å². The molecule has 104 valence electrons. The van der Waals surface area contributed by atoms with Crippen LogP contribution in [-0.4, -0.2) is 12.1 Å². The van der Waals surface area contributed by atoms with Crippen molar-refractivity contribution < 1.29 is 4.74 Å². The van der Waals surface area contributed by atoms with Crippen LogP contribution >= 0.6 is 23.8 Å². The van der Waals surface area contributed by atoms with Gasteiger partial charge < -0.3 is 15.8 Å². The summed E-state index contributed by atoms with van der Waals surface area (Å²) in [5.74, 6) is 0. The molecule has 2 aromatic carbocycles. The van der Waals surface area contributed by atoms with Gasteiger partial charge in [-0.05, 0) is 35.9 Å². The first-order valence-electron chi connectivity index (χ1n) is 6.04. The Morgan fingerprint density at radius 1 is 1.25 bits per heavy atom. The molecule has 0 heterocycles. The van der Waals surface area contributed by atoms with Crippen LogP contribution < -0.4 is 11.1 Å². The van der Waals surface area contributed by atoms with E-state index in [-0.39, 0.29) is 0 Å². The first-order chi connectivity index (χ1) is 9.60. The molecule has 0 amide bonds. The highest BCUT2D eigenvalue weighted by molar-refractivity contribution is 7.80. The third-order valence-electron chi connectivity index (χ3n) is 2.76. The number of hydrogen-bond donors (Lipinski definition) is 2. The quantitative estimate of drug-likeness (QED) is 0.823. The van der Waals surface area contributed by atoms with Crippen LogP contribution in [0.2, 0.25) is 5.02 Å². The van der Waals surface area contributed by atoms with Crippen molar-refractivity contribution >= 4 is 40.2 Å². The van der Waals surface area contributed by atoms with Gasteiger partial charge in [-0.2, -0.15) is 0 Å². The molecule has 0 fully saturated rings. The maximum absolute atomic E-state index is 6.14. The number of benzene rings is 2. The van der Waals surface area contributed by atoms with Crippen molar-refractivity contribution in [2.24, 2.45) is 5.73 Å². The van der Waals surface area contributed by atoms with Gasteiger partial charge in [0, 0.05) is 24.0 Å². The fourth-order valence-corrected chi connectivity index (χ4v) is 2.38. The molecule has 0 radical (unpaired) electrons. The van der Waals surface area contributed by atoms with Gasteiger partial charge in [-0.3, -0.25) is 0 Å². The van der Waals surface area contributed by atoms with E-state index in [1.54, 1.807) is 13.2 Å². The Morgan fingerprint density at radius 2 is 2.00 bits per heavy atom. The molecule has 3 nitrogen and oxygen atoms in total. The number of thiocarbonyl (C=S) groups is 1. The van der Waals surface area contributed by atoms with Crippen molar-refractivity contribution in [1.82, 2.24) is 0 Å². The molecule has 0 unspecified atom stereocenters. The van der Waals surface area contributed by atoms with Crippen molar-refractivity contribution in [3.8, 4) is 0 Å². The van der Waals surface area contributed by atoms with Gasteiger partial charge in [-0.25, -0.2) is 0 Å². The smallest absolute Gasteiger partial charge is 0.105 e. The molecular formula is C15H15ClN2OS. The highest BCUT2D eigenvalue weighted by Gasteiger charge is 2.05. The van der Waals surface area contributed by atoms with E-state index < -0.39 is 0 Å². The second kappa shape index (κ2) is 6.70. The van der Waals surface area contributed by atoms with Gasteiger partial charge in [0.2, 0.25) is 0 Å². The molecule has 0 saturated heterocycles. The zero-order valence-electron chi connectivity index (χ0n) is 11.0. The summed E-state index contributed by atoms with van der Waals surface area (Å²) in [6, 6.07) is 13.5. The second-order valence-electron chi connectivity index (χ2n) is 4.32. The van der Waals surface area contributed by atoms with Crippen molar-refractivity contribution in [3.05, 3.63) is 58.6 Å². The normalized spacial score (nSPS) is 10.3. The summed E-state index contributed by atoms with van der Waals surface area (Å²) in [5, 5.41) is 3.82. The van der Waals surface area contributed by atoms with E-state index >= 15 is 0 Å². The Labute approximate surface area is 128 Å². The van der Waals surface area contributed by atoms with E-state index in [4.69, 9.17) is 34.3 Å². The Morgan fingerprint density at radius 3 is 2.65 bits per heavy atom. The molecule has 3 N–H and O–H groups in total. The minimum absolute atomic E-state index is 0.295. The average molecular weight is 307 g/mol. The highest BCUT2D eigenvalue weighted by Crippen LogP contribution is 2.24. The predicted octanol–water partition coefficient (Wildman–Crippen LogP) is 3.86. The largest absolute Gasteiger partial charge is 0.389 e. The zero-order chi connectivity index (χ0) is 14.5. The molecule has 2 aromatic rings. The van der Waals surface area contributed by atoms with E-state index in [9.17, 15) is 0 Å². The lowest BCUT2D eigenvalue weighted by molar-refractivity contribution is 0.185. The maximum atomic E-state index is 6.14.